The molecule has 6 heteroatoms. The highest BCUT2D eigenvalue weighted by molar-refractivity contribution is 5.84. The molecule has 1 amide bonds. The molecule has 6 nitrogen and oxygen atoms in total. The SMILES string of the molecule is C=C(Nc1cccc(-c2cccc(NC=O)c2C)c1C)c1nc2c(n1C)CCN(C)C2. The molecule has 0 saturated carbocycles. The molecule has 1 aromatic heterocycles. The van der Waals surface area contributed by atoms with Crippen molar-refractivity contribution in [1.29, 1.82) is 0 Å². The Balaban J connectivity index is 1.65. The second-order valence-electron chi connectivity index (χ2n) is 8.20. The first-order valence-corrected chi connectivity index (χ1v) is 10.5. The van der Waals surface area contributed by atoms with Crippen molar-refractivity contribution in [3.8, 4) is 11.1 Å². The van der Waals surface area contributed by atoms with Crippen molar-refractivity contribution in [3.05, 3.63) is 71.3 Å². The zero-order chi connectivity index (χ0) is 22.1. The van der Waals surface area contributed by atoms with Gasteiger partial charge in [0.25, 0.3) is 0 Å². The molecule has 31 heavy (non-hydrogen) atoms. The van der Waals surface area contributed by atoms with Gasteiger partial charge in [-0.3, -0.25) is 4.79 Å². The van der Waals surface area contributed by atoms with Gasteiger partial charge in [0, 0.05) is 43.6 Å². The third kappa shape index (κ3) is 3.86. The average molecular weight is 416 g/mol. The highest BCUT2D eigenvalue weighted by Crippen LogP contribution is 2.34. The first kappa shape index (κ1) is 20.9. The minimum Gasteiger partial charge on any atom is -0.353 e. The van der Waals surface area contributed by atoms with Crippen LogP contribution in [0.1, 0.15) is 28.3 Å². The molecule has 2 aromatic carbocycles. The van der Waals surface area contributed by atoms with Crippen LogP contribution in [-0.2, 0) is 24.8 Å². The standard InChI is InChI=1S/C25H29N5O/c1-16-19(8-6-10-21(16)26-15-31)20-9-7-11-22(17(20)2)27-18(3)25-28-23-14-29(4)13-12-24(23)30(25)5/h6-11,15,27H,3,12-14H2,1-2,4-5H3,(H,26,31). The summed E-state index contributed by atoms with van der Waals surface area (Å²) in [6, 6.07) is 12.1. The van der Waals surface area contributed by atoms with Crippen LogP contribution < -0.4 is 10.6 Å². The number of aromatic nitrogens is 2. The Bertz CT molecular complexity index is 1160. The lowest BCUT2D eigenvalue weighted by molar-refractivity contribution is -0.105. The van der Waals surface area contributed by atoms with Gasteiger partial charge in [-0.1, -0.05) is 30.8 Å². The summed E-state index contributed by atoms with van der Waals surface area (Å²) in [7, 11) is 4.19. The molecule has 2 N–H and O–H groups in total. The number of fused-ring (bicyclic) bond motifs is 1. The van der Waals surface area contributed by atoms with Crippen LogP contribution in [0.2, 0.25) is 0 Å². The van der Waals surface area contributed by atoms with Crippen molar-refractivity contribution < 1.29 is 4.79 Å². The van der Waals surface area contributed by atoms with Gasteiger partial charge in [-0.25, -0.2) is 4.98 Å². The van der Waals surface area contributed by atoms with E-state index in [0.29, 0.717) is 6.41 Å². The Labute approximate surface area is 183 Å². The van der Waals surface area contributed by atoms with Gasteiger partial charge in [0.2, 0.25) is 6.41 Å². The number of nitrogens with zero attached hydrogens (tertiary/aromatic N) is 3. The van der Waals surface area contributed by atoms with E-state index >= 15 is 0 Å². The molecule has 1 aliphatic heterocycles. The normalized spacial score (nSPS) is 13.5. The number of carbonyl (C=O) groups is 1. The van der Waals surface area contributed by atoms with Crippen molar-refractivity contribution >= 4 is 23.5 Å². The van der Waals surface area contributed by atoms with E-state index in [1.54, 1.807) is 0 Å². The molecule has 0 radical (unpaired) electrons. The first-order chi connectivity index (χ1) is 14.9. The average Bonchev–Trinajstić information content (AvgIpc) is 3.07. The minimum absolute atomic E-state index is 0.713. The van der Waals surface area contributed by atoms with Gasteiger partial charge in [0.05, 0.1) is 11.4 Å². The van der Waals surface area contributed by atoms with Crippen LogP contribution in [0, 0.1) is 13.8 Å². The van der Waals surface area contributed by atoms with Crippen LogP contribution in [0.5, 0.6) is 0 Å². The Kier molecular flexibility index (Phi) is 5.65. The zero-order valence-electron chi connectivity index (χ0n) is 18.6. The Morgan fingerprint density at radius 3 is 2.39 bits per heavy atom. The molecule has 0 bridgehead atoms. The topological polar surface area (TPSA) is 62.2 Å². The summed E-state index contributed by atoms with van der Waals surface area (Å²) in [5, 5.41) is 6.28. The van der Waals surface area contributed by atoms with Gasteiger partial charge in [-0.05, 0) is 55.3 Å². The van der Waals surface area contributed by atoms with Gasteiger partial charge in [0.15, 0.2) is 5.82 Å². The number of hydrogen-bond acceptors (Lipinski definition) is 4. The van der Waals surface area contributed by atoms with Crippen molar-refractivity contribution in [3.63, 3.8) is 0 Å². The second-order valence-corrected chi connectivity index (χ2v) is 8.20. The predicted molar refractivity (Wildman–Crippen MR) is 127 cm³/mol. The number of anilines is 2. The summed E-state index contributed by atoms with van der Waals surface area (Å²) < 4.78 is 2.16. The molecule has 0 atom stereocenters. The van der Waals surface area contributed by atoms with Crippen LogP contribution in [0.15, 0.2) is 43.0 Å². The van der Waals surface area contributed by atoms with Gasteiger partial charge >= 0.3 is 0 Å². The second kappa shape index (κ2) is 8.40. The lowest BCUT2D eigenvalue weighted by atomic mass is 9.94. The fourth-order valence-corrected chi connectivity index (χ4v) is 4.36. The number of rotatable bonds is 6. The first-order valence-electron chi connectivity index (χ1n) is 10.5. The van der Waals surface area contributed by atoms with Gasteiger partial charge in [-0.2, -0.15) is 0 Å². The van der Waals surface area contributed by atoms with Crippen LogP contribution >= 0.6 is 0 Å². The van der Waals surface area contributed by atoms with E-state index in [-0.39, 0.29) is 0 Å². The van der Waals surface area contributed by atoms with Crippen molar-refractivity contribution in [2.24, 2.45) is 7.05 Å². The molecule has 160 valence electrons. The summed E-state index contributed by atoms with van der Waals surface area (Å²) in [5.41, 5.74) is 9.38. The molecule has 0 saturated heterocycles. The maximum atomic E-state index is 10.9. The van der Waals surface area contributed by atoms with E-state index in [1.807, 2.05) is 25.1 Å². The van der Waals surface area contributed by atoms with Crippen LogP contribution in [-0.4, -0.2) is 34.5 Å². The largest absolute Gasteiger partial charge is 0.353 e. The predicted octanol–water partition coefficient (Wildman–Crippen LogP) is 4.34. The van der Waals surface area contributed by atoms with E-state index in [4.69, 9.17) is 4.98 Å². The summed E-state index contributed by atoms with van der Waals surface area (Å²) >= 11 is 0. The van der Waals surface area contributed by atoms with E-state index in [1.165, 1.54) is 5.69 Å². The van der Waals surface area contributed by atoms with Crippen LogP contribution in [0.25, 0.3) is 16.8 Å². The number of nitrogens with one attached hydrogen (secondary N) is 2. The molecule has 4 rings (SSSR count). The third-order valence-corrected chi connectivity index (χ3v) is 6.17. The minimum atomic E-state index is 0.713. The fraction of sp³-hybridized carbons (Fsp3) is 0.280. The molecule has 1 aliphatic rings. The van der Waals surface area contributed by atoms with Crippen molar-refractivity contribution in [1.82, 2.24) is 14.5 Å². The maximum Gasteiger partial charge on any atom is 0.211 e. The maximum absolute atomic E-state index is 10.9. The lowest BCUT2D eigenvalue weighted by Crippen LogP contribution is -2.27. The fourth-order valence-electron chi connectivity index (χ4n) is 4.36. The van der Waals surface area contributed by atoms with Crippen LogP contribution in [0.4, 0.5) is 11.4 Å². The van der Waals surface area contributed by atoms with E-state index in [2.05, 4.69) is 65.9 Å². The highest BCUT2D eigenvalue weighted by atomic mass is 16.1. The zero-order valence-corrected chi connectivity index (χ0v) is 18.6. The molecule has 0 spiro atoms. The Hall–Kier alpha value is -3.38. The third-order valence-electron chi connectivity index (χ3n) is 6.17. The summed E-state index contributed by atoms with van der Waals surface area (Å²) in [6.45, 7) is 10.3. The van der Waals surface area contributed by atoms with E-state index in [0.717, 1.165) is 70.4 Å². The van der Waals surface area contributed by atoms with Gasteiger partial charge in [-0.15, -0.1) is 0 Å². The molecule has 3 aromatic rings. The molecule has 0 unspecified atom stereocenters. The van der Waals surface area contributed by atoms with Crippen molar-refractivity contribution in [2.45, 2.75) is 26.8 Å². The smallest absolute Gasteiger partial charge is 0.211 e. The number of amides is 1. The van der Waals surface area contributed by atoms with Gasteiger partial charge in [0.1, 0.15) is 0 Å². The molecular weight excluding hydrogens is 386 g/mol. The molecule has 0 fully saturated rings. The number of carbonyl (C=O) groups excluding carboxylic acids is 1. The molecular formula is C25H29N5O. The summed E-state index contributed by atoms with van der Waals surface area (Å²) in [5.74, 6) is 0.874. The molecule has 2 heterocycles. The Morgan fingerprint density at radius 2 is 1.71 bits per heavy atom. The van der Waals surface area contributed by atoms with Crippen molar-refractivity contribution in [2.75, 3.05) is 24.2 Å². The van der Waals surface area contributed by atoms with E-state index < -0.39 is 0 Å². The Morgan fingerprint density at radius 1 is 1.06 bits per heavy atom. The summed E-state index contributed by atoms with van der Waals surface area (Å²) in [6.07, 6.45) is 1.72. The number of likely N-dealkylation sites (N-methyl/N-ethyl adjacent to an activating group) is 1. The molecule has 0 aliphatic carbocycles. The number of hydrogen-bond donors (Lipinski definition) is 2. The van der Waals surface area contributed by atoms with E-state index in [9.17, 15) is 4.79 Å². The number of benzene rings is 2. The monoisotopic (exact) mass is 415 g/mol. The lowest BCUT2D eigenvalue weighted by Gasteiger charge is -2.21. The summed E-state index contributed by atoms with van der Waals surface area (Å²) in [4.78, 5) is 18.1. The highest BCUT2D eigenvalue weighted by Gasteiger charge is 2.22. The quantitative estimate of drug-likeness (QED) is 0.588. The number of imidazole rings is 1. The van der Waals surface area contributed by atoms with Gasteiger partial charge < -0.3 is 20.1 Å². The van der Waals surface area contributed by atoms with Crippen LogP contribution in [0.3, 0.4) is 0 Å².